The van der Waals surface area contributed by atoms with Gasteiger partial charge in [0.05, 0.1) is 11.8 Å². The third-order valence-corrected chi connectivity index (χ3v) is 4.21. The second kappa shape index (κ2) is 7.15. The van der Waals surface area contributed by atoms with Crippen LogP contribution in [0.15, 0.2) is 29.4 Å². The van der Waals surface area contributed by atoms with Gasteiger partial charge in [0.25, 0.3) is 0 Å². The molecule has 0 aliphatic heterocycles. The predicted octanol–water partition coefficient (Wildman–Crippen LogP) is 2.46. The zero-order chi connectivity index (χ0) is 17.0. The highest BCUT2D eigenvalue weighted by Crippen LogP contribution is 2.23. The Bertz CT molecular complexity index is 778. The maximum Gasteiger partial charge on any atom is 0.191 e. The van der Waals surface area contributed by atoms with E-state index < -0.39 is 5.92 Å². The maximum atomic E-state index is 13.0. The van der Waals surface area contributed by atoms with Crippen LogP contribution in [0.1, 0.15) is 6.92 Å². The number of nitrogens with one attached hydrogen (secondary N) is 1. The molecule has 23 heavy (non-hydrogen) atoms. The van der Waals surface area contributed by atoms with Crippen LogP contribution in [0.4, 0.5) is 4.39 Å². The van der Waals surface area contributed by atoms with Crippen LogP contribution in [0.2, 0.25) is 0 Å². The number of carbonyl (C=O) groups is 1. The lowest BCUT2D eigenvalue weighted by Gasteiger charge is -2.06. The van der Waals surface area contributed by atoms with Crippen LogP contribution < -0.4 is 0 Å². The summed E-state index contributed by atoms with van der Waals surface area (Å²) in [5.74, 6) is -1.10. The highest BCUT2D eigenvalue weighted by Gasteiger charge is 2.21. The van der Waals surface area contributed by atoms with Gasteiger partial charge in [-0.3, -0.25) is 4.79 Å². The first-order valence-corrected chi connectivity index (χ1v) is 7.68. The standard InChI is InChI=1S/C15H14FN5OS/c1-9(18)12(7-17)13(22)8-23-15-20-19-14(21(15)2)10-3-5-11(16)6-4-10/h3-6,12,18H,8H2,1-2H3. The van der Waals surface area contributed by atoms with Crippen molar-refractivity contribution < 1.29 is 9.18 Å². The molecule has 0 radical (unpaired) electrons. The Labute approximate surface area is 136 Å². The van der Waals surface area contributed by atoms with E-state index in [1.807, 2.05) is 6.07 Å². The van der Waals surface area contributed by atoms with Crippen LogP contribution >= 0.6 is 11.8 Å². The van der Waals surface area contributed by atoms with Crippen molar-refractivity contribution in [2.75, 3.05) is 5.75 Å². The summed E-state index contributed by atoms with van der Waals surface area (Å²) >= 11 is 1.15. The van der Waals surface area contributed by atoms with Crippen molar-refractivity contribution >= 4 is 23.3 Å². The fraction of sp³-hybridized carbons (Fsp3) is 0.267. The van der Waals surface area contributed by atoms with Crippen molar-refractivity contribution in [1.29, 1.82) is 10.7 Å². The van der Waals surface area contributed by atoms with Gasteiger partial charge in [0.2, 0.25) is 0 Å². The minimum absolute atomic E-state index is 0.0306. The summed E-state index contributed by atoms with van der Waals surface area (Å²) in [6, 6.07) is 7.70. The van der Waals surface area contributed by atoms with E-state index in [-0.39, 0.29) is 23.1 Å². The van der Waals surface area contributed by atoms with Crippen LogP contribution in [0, 0.1) is 28.5 Å². The molecule has 1 heterocycles. The van der Waals surface area contributed by atoms with E-state index >= 15 is 0 Å². The second-order valence-electron chi connectivity index (χ2n) is 4.87. The van der Waals surface area contributed by atoms with Crippen molar-refractivity contribution in [1.82, 2.24) is 14.8 Å². The first-order valence-electron chi connectivity index (χ1n) is 6.69. The molecule has 1 N–H and O–H groups in total. The molecule has 8 heteroatoms. The number of aromatic nitrogens is 3. The Morgan fingerprint density at radius 3 is 2.65 bits per heavy atom. The number of halogens is 1. The van der Waals surface area contributed by atoms with Gasteiger partial charge in [-0.25, -0.2) is 4.39 Å². The van der Waals surface area contributed by atoms with Gasteiger partial charge in [0.15, 0.2) is 16.8 Å². The topological polar surface area (TPSA) is 95.4 Å². The molecule has 1 unspecified atom stereocenters. The van der Waals surface area contributed by atoms with Crippen molar-refractivity contribution in [3.05, 3.63) is 30.1 Å². The predicted molar refractivity (Wildman–Crippen MR) is 84.6 cm³/mol. The van der Waals surface area contributed by atoms with Crippen LogP contribution in [0.5, 0.6) is 0 Å². The van der Waals surface area contributed by atoms with Crippen molar-refractivity contribution in [2.24, 2.45) is 13.0 Å². The Kier molecular flexibility index (Phi) is 5.24. The summed E-state index contributed by atoms with van der Waals surface area (Å²) in [6.45, 7) is 1.44. The number of carbonyl (C=O) groups excluding carboxylic acids is 1. The number of benzene rings is 1. The average Bonchev–Trinajstić information content (AvgIpc) is 2.87. The van der Waals surface area contributed by atoms with E-state index in [0.29, 0.717) is 16.5 Å². The van der Waals surface area contributed by atoms with E-state index in [1.165, 1.54) is 19.1 Å². The molecule has 118 valence electrons. The van der Waals surface area contributed by atoms with Crippen LogP contribution in [0.3, 0.4) is 0 Å². The molecule has 2 rings (SSSR count). The van der Waals surface area contributed by atoms with Gasteiger partial charge >= 0.3 is 0 Å². The molecule has 1 aromatic carbocycles. The quantitative estimate of drug-likeness (QED) is 0.648. The summed E-state index contributed by atoms with van der Waals surface area (Å²) in [4.78, 5) is 11.9. The third-order valence-electron chi connectivity index (χ3n) is 3.16. The molecule has 1 atom stereocenters. The number of thioether (sulfide) groups is 1. The number of hydrogen-bond donors (Lipinski definition) is 1. The highest BCUT2D eigenvalue weighted by molar-refractivity contribution is 7.99. The van der Waals surface area contributed by atoms with Gasteiger partial charge in [0, 0.05) is 18.3 Å². The number of rotatable bonds is 6. The molecule has 0 spiro atoms. The normalized spacial score (nSPS) is 11.7. The summed E-state index contributed by atoms with van der Waals surface area (Å²) in [6.07, 6.45) is 0. The van der Waals surface area contributed by atoms with E-state index in [4.69, 9.17) is 10.7 Å². The van der Waals surface area contributed by atoms with Gasteiger partial charge in [-0.1, -0.05) is 11.8 Å². The molecule has 0 saturated carbocycles. The molecule has 0 aliphatic rings. The number of nitrogens with zero attached hydrogens (tertiary/aromatic N) is 4. The Balaban J connectivity index is 2.11. The van der Waals surface area contributed by atoms with Crippen molar-refractivity contribution in [3.63, 3.8) is 0 Å². The summed E-state index contributed by atoms with van der Waals surface area (Å²) in [5.41, 5.74) is 0.743. The molecule has 0 fully saturated rings. The van der Waals surface area contributed by atoms with Gasteiger partial charge in [-0.15, -0.1) is 10.2 Å². The molecular formula is C15H14FN5OS. The highest BCUT2D eigenvalue weighted by atomic mass is 32.2. The van der Waals surface area contributed by atoms with E-state index in [1.54, 1.807) is 23.7 Å². The monoisotopic (exact) mass is 331 g/mol. The van der Waals surface area contributed by atoms with Gasteiger partial charge in [-0.05, 0) is 31.2 Å². The molecule has 0 amide bonds. The van der Waals surface area contributed by atoms with Crippen molar-refractivity contribution in [2.45, 2.75) is 12.1 Å². The Hall–Kier alpha value is -2.53. The number of nitriles is 1. The molecule has 2 aromatic rings. The zero-order valence-corrected chi connectivity index (χ0v) is 13.4. The first kappa shape index (κ1) is 16.8. The Morgan fingerprint density at radius 2 is 2.09 bits per heavy atom. The van der Waals surface area contributed by atoms with Gasteiger partial charge in [-0.2, -0.15) is 5.26 Å². The lowest BCUT2D eigenvalue weighted by atomic mass is 10.0. The second-order valence-corrected chi connectivity index (χ2v) is 5.81. The minimum atomic E-state index is -1.02. The molecule has 0 aliphatic carbocycles. The molecule has 6 nitrogen and oxygen atoms in total. The van der Waals surface area contributed by atoms with Crippen LogP contribution in [-0.2, 0) is 11.8 Å². The minimum Gasteiger partial charge on any atom is -0.308 e. The molecule has 0 bridgehead atoms. The average molecular weight is 331 g/mol. The smallest absolute Gasteiger partial charge is 0.191 e. The largest absolute Gasteiger partial charge is 0.308 e. The third kappa shape index (κ3) is 3.81. The Morgan fingerprint density at radius 1 is 1.43 bits per heavy atom. The van der Waals surface area contributed by atoms with Gasteiger partial charge < -0.3 is 9.98 Å². The fourth-order valence-corrected chi connectivity index (χ4v) is 2.74. The van der Waals surface area contributed by atoms with Crippen molar-refractivity contribution in [3.8, 4) is 17.5 Å². The molecule has 1 aromatic heterocycles. The van der Waals surface area contributed by atoms with E-state index in [2.05, 4.69) is 10.2 Å². The van der Waals surface area contributed by atoms with E-state index in [0.717, 1.165) is 11.8 Å². The fourth-order valence-electron chi connectivity index (χ4n) is 1.92. The van der Waals surface area contributed by atoms with Crippen LogP contribution in [-0.4, -0.2) is 32.0 Å². The summed E-state index contributed by atoms with van der Waals surface area (Å²) in [7, 11) is 1.75. The first-order chi connectivity index (χ1) is 10.9. The summed E-state index contributed by atoms with van der Waals surface area (Å²) in [5, 5.41) is 24.9. The lowest BCUT2D eigenvalue weighted by Crippen LogP contribution is -2.21. The number of hydrogen-bond acceptors (Lipinski definition) is 6. The van der Waals surface area contributed by atoms with Gasteiger partial charge in [0.1, 0.15) is 11.7 Å². The van der Waals surface area contributed by atoms with Crippen LogP contribution in [0.25, 0.3) is 11.4 Å². The zero-order valence-electron chi connectivity index (χ0n) is 12.6. The molecule has 0 saturated heterocycles. The molecular weight excluding hydrogens is 317 g/mol. The number of ketones is 1. The number of Topliss-reactive ketones (excluding diaryl/α,β-unsaturated/α-hetero) is 1. The van der Waals surface area contributed by atoms with E-state index in [9.17, 15) is 9.18 Å². The SMILES string of the molecule is CC(=N)C(C#N)C(=O)CSc1nnc(-c2ccc(F)cc2)n1C. The maximum absolute atomic E-state index is 13.0. The summed E-state index contributed by atoms with van der Waals surface area (Å²) < 4.78 is 14.7. The lowest BCUT2D eigenvalue weighted by molar-refractivity contribution is -0.117.